The molecule has 1 aromatic heterocycles. The first-order chi connectivity index (χ1) is 15.6. The fourth-order valence-corrected chi connectivity index (χ4v) is 3.54. The van der Waals surface area contributed by atoms with E-state index >= 15 is 0 Å². The summed E-state index contributed by atoms with van der Waals surface area (Å²) in [4.78, 5) is 30.0. The molecular weight excluding hydrogens is 400 g/mol. The summed E-state index contributed by atoms with van der Waals surface area (Å²) in [7, 11) is 0. The quantitative estimate of drug-likeness (QED) is 0.392. The Balaban J connectivity index is 1.71. The molecule has 160 valence electrons. The average Bonchev–Trinajstić information content (AvgIpc) is 2.84. The number of pyridine rings is 1. The Kier molecular flexibility index (Phi) is 6.26. The number of nitrogens with zero attached hydrogens (tertiary/aromatic N) is 1. The van der Waals surface area contributed by atoms with Crippen LogP contribution in [0.15, 0.2) is 78.9 Å². The summed E-state index contributed by atoms with van der Waals surface area (Å²) in [5, 5.41) is 3.76. The average molecular weight is 425 g/mol. The van der Waals surface area contributed by atoms with Crippen LogP contribution in [0.5, 0.6) is 0 Å². The summed E-state index contributed by atoms with van der Waals surface area (Å²) in [5.41, 5.74) is 5.19. The van der Waals surface area contributed by atoms with Crippen molar-refractivity contribution < 1.29 is 14.3 Å². The van der Waals surface area contributed by atoms with Gasteiger partial charge in [-0.05, 0) is 61.4 Å². The van der Waals surface area contributed by atoms with E-state index in [0.717, 1.165) is 34.1 Å². The first-order valence-corrected chi connectivity index (χ1v) is 10.7. The number of hydrogen-bond acceptors (Lipinski definition) is 4. The van der Waals surface area contributed by atoms with Gasteiger partial charge in [0.25, 0.3) is 5.91 Å². The summed E-state index contributed by atoms with van der Waals surface area (Å²) in [6.45, 7) is 4.16. The van der Waals surface area contributed by atoms with E-state index in [-0.39, 0.29) is 11.9 Å². The van der Waals surface area contributed by atoms with Crippen LogP contribution < -0.4 is 5.32 Å². The molecule has 5 nitrogen and oxygen atoms in total. The lowest BCUT2D eigenvalue weighted by molar-refractivity contribution is 0.0526. The van der Waals surface area contributed by atoms with Crippen molar-refractivity contribution in [2.45, 2.75) is 20.3 Å². The predicted octanol–water partition coefficient (Wildman–Crippen LogP) is 5.89. The largest absolute Gasteiger partial charge is 0.462 e. The minimum absolute atomic E-state index is 0.230. The van der Waals surface area contributed by atoms with Gasteiger partial charge in [0.1, 0.15) is 0 Å². The summed E-state index contributed by atoms with van der Waals surface area (Å²) in [6.07, 6.45) is 0.868. The van der Waals surface area contributed by atoms with Crippen molar-refractivity contribution >= 4 is 28.5 Å². The lowest BCUT2D eigenvalue weighted by atomic mass is 10.0. The van der Waals surface area contributed by atoms with Gasteiger partial charge in [-0.1, -0.05) is 43.3 Å². The molecule has 1 N–H and O–H groups in total. The molecule has 0 unspecified atom stereocenters. The van der Waals surface area contributed by atoms with Gasteiger partial charge < -0.3 is 10.1 Å². The molecule has 0 fully saturated rings. The van der Waals surface area contributed by atoms with E-state index in [4.69, 9.17) is 9.72 Å². The Hall–Kier alpha value is -3.99. The molecule has 0 atom stereocenters. The zero-order valence-corrected chi connectivity index (χ0v) is 18.1. The molecule has 0 aliphatic heterocycles. The van der Waals surface area contributed by atoms with Gasteiger partial charge in [-0.3, -0.25) is 4.79 Å². The lowest BCUT2D eigenvalue weighted by Gasteiger charge is -2.12. The van der Waals surface area contributed by atoms with Gasteiger partial charge in [0, 0.05) is 16.6 Å². The van der Waals surface area contributed by atoms with Crippen molar-refractivity contribution in [2.24, 2.45) is 0 Å². The fourth-order valence-electron chi connectivity index (χ4n) is 3.54. The van der Waals surface area contributed by atoms with Crippen LogP contribution in [0.25, 0.3) is 22.2 Å². The van der Waals surface area contributed by atoms with Gasteiger partial charge in [-0.2, -0.15) is 0 Å². The lowest BCUT2D eigenvalue weighted by Crippen LogP contribution is -2.13. The van der Waals surface area contributed by atoms with Crippen molar-refractivity contribution in [3.05, 3.63) is 95.6 Å². The van der Waals surface area contributed by atoms with Gasteiger partial charge in [-0.25, -0.2) is 9.78 Å². The Morgan fingerprint density at radius 1 is 0.906 bits per heavy atom. The Morgan fingerprint density at radius 3 is 2.34 bits per heavy atom. The van der Waals surface area contributed by atoms with E-state index in [1.54, 1.807) is 31.2 Å². The van der Waals surface area contributed by atoms with E-state index in [2.05, 4.69) is 12.2 Å². The molecular formula is C27H24N2O3. The highest BCUT2D eigenvalue weighted by atomic mass is 16.5. The van der Waals surface area contributed by atoms with Gasteiger partial charge in [-0.15, -0.1) is 0 Å². The molecule has 0 bridgehead atoms. The second kappa shape index (κ2) is 9.43. The third-order valence-electron chi connectivity index (χ3n) is 5.25. The van der Waals surface area contributed by atoms with Gasteiger partial charge in [0.15, 0.2) is 0 Å². The number of anilines is 1. The summed E-state index contributed by atoms with van der Waals surface area (Å²) < 4.78 is 5.01. The number of esters is 1. The van der Waals surface area contributed by atoms with Crippen LogP contribution in [0, 0.1) is 0 Å². The van der Waals surface area contributed by atoms with Crippen LogP contribution in [0.1, 0.15) is 40.1 Å². The molecule has 4 aromatic rings. The number of rotatable bonds is 6. The molecule has 3 aromatic carbocycles. The highest BCUT2D eigenvalue weighted by molar-refractivity contribution is 6.13. The highest BCUT2D eigenvalue weighted by Gasteiger charge is 2.15. The van der Waals surface area contributed by atoms with Crippen LogP contribution in [-0.2, 0) is 11.2 Å². The minimum Gasteiger partial charge on any atom is -0.462 e. The minimum atomic E-state index is -0.384. The van der Waals surface area contributed by atoms with Crippen molar-refractivity contribution in [1.82, 2.24) is 4.98 Å². The number of aromatic nitrogens is 1. The number of benzene rings is 3. The number of amides is 1. The van der Waals surface area contributed by atoms with Gasteiger partial charge in [0.05, 0.1) is 28.9 Å². The Bertz CT molecular complexity index is 1270. The van der Waals surface area contributed by atoms with Crippen molar-refractivity contribution in [1.29, 1.82) is 0 Å². The van der Waals surface area contributed by atoms with Crippen molar-refractivity contribution in [2.75, 3.05) is 11.9 Å². The summed E-state index contributed by atoms with van der Waals surface area (Å²) in [6, 6.07) is 24.3. The van der Waals surface area contributed by atoms with E-state index in [1.807, 2.05) is 54.6 Å². The molecule has 0 saturated carbocycles. The van der Waals surface area contributed by atoms with Crippen LogP contribution in [0.2, 0.25) is 0 Å². The number of ether oxygens (including phenoxy) is 1. The highest BCUT2D eigenvalue weighted by Crippen LogP contribution is 2.27. The van der Waals surface area contributed by atoms with Crippen molar-refractivity contribution in [3.8, 4) is 11.3 Å². The van der Waals surface area contributed by atoms with E-state index in [9.17, 15) is 9.59 Å². The maximum atomic E-state index is 13.3. The molecule has 0 aliphatic rings. The molecule has 0 spiro atoms. The predicted molar refractivity (Wildman–Crippen MR) is 127 cm³/mol. The topological polar surface area (TPSA) is 68.3 Å². The van der Waals surface area contributed by atoms with Crippen LogP contribution in [0.3, 0.4) is 0 Å². The normalized spacial score (nSPS) is 10.7. The SMILES string of the molecule is CCOC(=O)c1ccc(NC(=O)c2cc(-c3ccccc3)nc3ccc(CC)cc23)cc1. The molecule has 32 heavy (non-hydrogen) atoms. The summed E-state index contributed by atoms with van der Waals surface area (Å²) >= 11 is 0. The number of carbonyl (C=O) groups is 2. The van der Waals surface area contributed by atoms with Crippen molar-refractivity contribution in [3.63, 3.8) is 0 Å². The standard InChI is InChI=1S/C27H24N2O3/c1-3-18-10-15-24-22(16-18)23(17-25(29-24)19-8-6-5-7-9-19)26(30)28-21-13-11-20(12-14-21)27(31)32-4-2/h5-17H,3-4H2,1-2H3,(H,28,30). The van der Waals surface area contributed by atoms with Crippen LogP contribution >= 0.6 is 0 Å². The van der Waals surface area contributed by atoms with Gasteiger partial charge >= 0.3 is 5.97 Å². The summed E-state index contributed by atoms with van der Waals surface area (Å²) in [5.74, 6) is -0.614. The molecule has 4 rings (SSSR count). The first kappa shape index (κ1) is 21.2. The maximum Gasteiger partial charge on any atom is 0.338 e. The molecule has 5 heteroatoms. The van der Waals surface area contributed by atoms with E-state index < -0.39 is 0 Å². The third-order valence-corrected chi connectivity index (χ3v) is 5.25. The van der Waals surface area contributed by atoms with E-state index in [0.29, 0.717) is 23.4 Å². The maximum absolute atomic E-state index is 13.3. The molecule has 0 aliphatic carbocycles. The van der Waals surface area contributed by atoms with Crippen LogP contribution in [-0.4, -0.2) is 23.5 Å². The first-order valence-electron chi connectivity index (χ1n) is 10.7. The molecule has 1 amide bonds. The number of fused-ring (bicyclic) bond motifs is 1. The Morgan fingerprint density at radius 2 is 1.66 bits per heavy atom. The second-order valence-corrected chi connectivity index (χ2v) is 7.38. The number of hydrogen-bond donors (Lipinski definition) is 1. The third kappa shape index (κ3) is 4.52. The molecule has 0 radical (unpaired) electrons. The zero-order chi connectivity index (χ0) is 22.5. The zero-order valence-electron chi connectivity index (χ0n) is 18.1. The van der Waals surface area contributed by atoms with E-state index in [1.165, 1.54) is 0 Å². The number of nitrogens with one attached hydrogen (secondary N) is 1. The molecule has 0 saturated heterocycles. The smallest absolute Gasteiger partial charge is 0.338 e. The monoisotopic (exact) mass is 424 g/mol. The fraction of sp³-hybridized carbons (Fsp3) is 0.148. The Labute approximate surface area is 187 Å². The second-order valence-electron chi connectivity index (χ2n) is 7.38. The van der Waals surface area contributed by atoms with Gasteiger partial charge in [0.2, 0.25) is 0 Å². The molecule has 1 heterocycles. The number of carbonyl (C=O) groups excluding carboxylic acids is 2. The van der Waals surface area contributed by atoms with Crippen LogP contribution in [0.4, 0.5) is 5.69 Å². The number of aryl methyl sites for hydroxylation is 1.